The Morgan fingerprint density at radius 3 is 2.83 bits per heavy atom. The summed E-state index contributed by atoms with van der Waals surface area (Å²) in [6.45, 7) is 2.28. The molecule has 0 aliphatic heterocycles. The average Bonchev–Trinajstić information content (AvgIpc) is 2.34. The largest absolute Gasteiger partial charge is 0.355 e. The second-order valence-corrected chi connectivity index (χ2v) is 4.22. The first-order chi connectivity index (χ1) is 8.61. The number of H-pyrrole nitrogens is 1. The standard InChI is InChI=1S/C10H14N4O3S/c1-2-11-8(16)5-13-9(17)6-18-10-12-4-3-7(15)14-10/h3-4H,2,5-6H2,1H3,(H,11,16)(H,13,17)(H,12,14,15). The number of hydrogen-bond donors (Lipinski definition) is 3. The van der Waals surface area contributed by atoms with Crippen LogP contribution in [0.5, 0.6) is 0 Å². The molecule has 0 spiro atoms. The zero-order chi connectivity index (χ0) is 13.4. The molecule has 0 aliphatic carbocycles. The normalized spacial score (nSPS) is 9.83. The molecule has 0 atom stereocenters. The summed E-state index contributed by atoms with van der Waals surface area (Å²) in [5.74, 6) is -0.438. The first kappa shape index (κ1) is 14.2. The molecule has 0 saturated carbocycles. The molecule has 2 amide bonds. The van der Waals surface area contributed by atoms with E-state index in [1.807, 2.05) is 0 Å². The van der Waals surface area contributed by atoms with Gasteiger partial charge in [0.2, 0.25) is 11.8 Å². The fourth-order valence-corrected chi connectivity index (χ4v) is 1.73. The van der Waals surface area contributed by atoms with E-state index >= 15 is 0 Å². The molecule has 8 heteroatoms. The number of amides is 2. The summed E-state index contributed by atoms with van der Waals surface area (Å²) < 4.78 is 0. The van der Waals surface area contributed by atoms with Crippen molar-refractivity contribution in [2.24, 2.45) is 0 Å². The minimum atomic E-state index is -0.294. The molecule has 0 aliphatic rings. The van der Waals surface area contributed by atoms with Crippen molar-refractivity contribution in [1.29, 1.82) is 0 Å². The zero-order valence-electron chi connectivity index (χ0n) is 9.86. The number of hydrogen-bond acceptors (Lipinski definition) is 5. The van der Waals surface area contributed by atoms with Crippen molar-refractivity contribution in [1.82, 2.24) is 20.6 Å². The first-order valence-corrected chi connectivity index (χ1v) is 6.32. The molecule has 0 bridgehead atoms. The lowest BCUT2D eigenvalue weighted by Gasteiger charge is -2.04. The summed E-state index contributed by atoms with van der Waals surface area (Å²) in [6, 6.07) is 1.29. The number of aromatic amines is 1. The number of carbonyl (C=O) groups is 2. The van der Waals surface area contributed by atoms with E-state index in [1.165, 1.54) is 12.3 Å². The van der Waals surface area contributed by atoms with E-state index in [9.17, 15) is 14.4 Å². The van der Waals surface area contributed by atoms with Gasteiger partial charge in [-0.1, -0.05) is 11.8 Å². The van der Waals surface area contributed by atoms with E-state index in [-0.39, 0.29) is 29.7 Å². The quantitative estimate of drug-likeness (QED) is 0.460. The maximum absolute atomic E-state index is 11.4. The highest BCUT2D eigenvalue weighted by molar-refractivity contribution is 7.99. The van der Waals surface area contributed by atoms with Gasteiger partial charge in [0.05, 0.1) is 12.3 Å². The van der Waals surface area contributed by atoms with Crippen molar-refractivity contribution in [3.63, 3.8) is 0 Å². The highest BCUT2D eigenvalue weighted by Crippen LogP contribution is 2.08. The summed E-state index contributed by atoms with van der Waals surface area (Å²) in [4.78, 5) is 39.8. The number of thioether (sulfide) groups is 1. The summed E-state index contributed by atoms with van der Waals surface area (Å²) in [5, 5.41) is 5.39. The van der Waals surface area contributed by atoms with E-state index in [0.717, 1.165) is 11.8 Å². The molecule has 1 aromatic rings. The number of likely N-dealkylation sites (N-methyl/N-ethyl adjacent to an activating group) is 1. The highest BCUT2D eigenvalue weighted by Gasteiger charge is 2.06. The van der Waals surface area contributed by atoms with Gasteiger partial charge < -0.3 is 15.6 Å². The van der Waals surface area contributed by atoms with Gasteiger partial charge in [0.25, 0.3) is 5.56 Å². The molecule has 1 rings (SSSR count). The van der Waals surface area contributed by atoms with Gasteiger partial charge in [-0.05, 0) is 6.92 Å². The van der Waals surface area contributed by atoms with Crippen molar-refractivity contribution in [2.75, 3.05) is 18.8 Å². The topological polar surface area (TPSA) is 104 Å². The van der Waals surface area contributed by atoms with Crippen LogP contribution in [0.3, 0.4) is 0 Å². The lowest BCUT2D eigenvalue weighted by atomic mass is 10.5. The van der Waals surface area contributed by atoms with E-state index in [1.54, 1.807) is 6.92 Å². The predicted octanol–water partition coefficient (Wildman–Crippen LogP) is -0.886. The summed E-state index contributed by atoms with van der Waals surface area (Å²) in [7, 11) is 0. The van der Waals surface area contributed by atoms with E-state index < -0.39 is 0 Å². The maximum Gasteiger partial charge on any atom is 0.251 e. The lowest BCUT2D eigenvalue weighted by molar-refractivity contribution is -0.124. The van der Waals surface area contributed by atoms with Crippen LogP contribution in [-0.2, 0) is 9.59 Å². The van der Waals surface area contributed by atoms with Gasteiger partial charge in [-0.3, -0.25) is 14.4 Å². The number of carbonyl (C=O) groups excluding carboxylic acids is 2. The molecular formula is C10H14N4O3S. The molecule has 0 saturated heterocycles. The van der Waals surface area contributed by atoms with Crippen molar-refractivity contribution in [3.05, 3.63) is 22.6 Å². The monoisotopic (exact) mass is 270 g/mol. The first-order valence-electron chi connectivity index (χ1n) is 5.33. The molecule has 18 heavy (non-hydrogen) atoms. The van der Waals surface area contributed by atoms with Gasteiger partial charge in [-0.15, -0.1) is 0 Å². The van der Waals surface area contributed by atoms with Gasteiger partial charge in [0, 0.05) is 18.8 Å². The van der Waals surface area contributed by atoms with Gasteiger partial charge in [0.15, 0.2) is 5.16 Å². The van der Waals surface area contributed by atoms with Crippen molar-refractivity contribution in [2.45, 2.75) is 12.1 Å². The molecule has 1 aromatic heterocycles. The van der Waals surface area contributed by atoms with Crippen LogP contribution in [0, 0.1) is 0 Å². The Bertz CT molecular complexity index is 474. The van der Waals surface area contributed by atoms with Crippen LogP contribution in [-0.4, -0.2) is 40.6 Å². The Kier molecular flexibility index (Phi) is 5.92. The molecule has 7 nitrogen and oxygen atoms in total. The molecule has 0 radical (unpaired) electrons. The highest BCUT2D eigenvalue weighted by atomic mass is 32.2. The summed E-state index contributed by atoms with van der Waals surface area (Å²) in [6.07, 6.45) is 1.37. The molecular weight excluding hydrogens is 256 g/mol. The van der Waals surface area contributed by atoms with Crippen LogP contribution in [0.15, 0.2) is 22.2 Å². The number of nitrogens with zero attached hydrogens (tertiary/aromatic N) is 1. The average molecular weight is 270 g/mol. The third-order valence-electron chi connectivity index (χ3n) is 1.81. The van der Waals surface area contributed by atoms with Crippen LogP contribution in [0.25, 0.3) is 0 Å². The van der Waals surface area contributed by atoms with Crippen LogP contribution in [0.4, 0.5) is 0 Å². The van der Waals surface area contributed by atoms with Gasteiger partial charge in [-0.25, -0.2) is 4.98 Å². The number of nitrogens with one attached hydrogen (secondary N) is 3. The molecule has 0 fully saturated rings. The molecule has 0 aromatic carbocycles. The van der Waals surface area contributed by atoms with Gasteiger partial charge in [0.1, 0.15) is 0 Å². The third-order valence-corrected chi connectivity index (χ3v) is 2.70. The summed E-state index contributed by atoms with van der Waals surface area (Å²) in [5.41, 5.74) is -0.268. The van der Waals surface area contributed by atoms with Crippen molar-refractivity contribution >= 4 is 23.6 Å². The SMILES string of the molecule is CCNC(=O)CNC(=O)CSc1nccc(=O)[nH]1. The molecule has 0 unspecified atom stereocenters. The fraction of sp³-hybridized carbons (Fsp3) is 0.400. The zero-order valence-corrected chi connectivity index (χ0v) is 10.7. The minimum Gasteiger partial charge on any atom is -0.355 e. The van der Waals surface area contributed by atoms with Crippen LogP contribution in [0.2, 0.25) is 0 Å². The second kappa shape index (κ2) is 7.49. The smallest absolute Gasteiger partial charge is 0.251 e. The molecule has 3 N–H and O–H groups in total. The van der Waals surface area contributed by atoms with Crippen LogP contribution < -0.4 is 16.2 Å². The van der Waals surface area contributed by atoms with Crippen molar-refractivity contribution < 1.29 is 9.59 Å². The molecule has 98 valence electrons. The maximum atomic E-state index is 11.4. The Balaban J connectivity index is 2.29. The Hall–Kier alpha value is -1.83. The van der Waals surface area contributed by atoms with E-state index in [4.69, 9.17) is 0 Å². The van der Waals surface area contributed by atoms with Crippen molar-refractivity contribution in [3.8, 4) is 0 Å². The summed E-state index contributed by atoms with van der Waals surface area (Å²) >= 11 is 1.10. The number of aromatic nitrogens is 2. The number of rotatable bonds is 6. The minimum absolute atomic E-state index is 0.0496. The van der Waals surface area contributed by atoms with E-state index in [0.29, 0.717) is 11.7 Å². The van der Waals surface area contributed by atoms with Crippen LogP contribution in [0.1, 0.15) is 6.92 Å². The third kappa shape index (κ3) is 5.48. The Morgan fingerprint density at radius 1 is 1.39 bits per heavy atom. The van der Waals surface area contributed by atoms with Gasteiger partial charge >= 0.3 is 0 Å². The van der Waals surface area contributed by atoms with Crippen LogP contribution >= 0.6 is 11.8 Å². The lowest BCUT2D eigenvalue weighted by Crippen LogP contribution is -2.37. The molecule has 1 heterocycles. The second-order valence-electron chi connectivity index (χ2n) is 3.26. The fourth-order valence-electron chi connectivity index (χ4n) is 1.05. The van der Waals surface area contributed by atoms with E-state index in [2.05, 4.69) is 20.6 Å². The van der Waals surface area contributed by atoms with Gasteiger partial charge in [-0.2, -0.15) is 0 Å². The predicted molar refractivity (Wildman–Crippen MR) is 67.3 cm³/mol. The Morgan fingerprint density at radius 2 is 2.17 bits per heavy atom. The Labute approximate surface area is 108 Å².